The van der Waals surface area contributed by atoms with E-state index in [0.717, 1.165) is 23.3 Å². The van der Waals surface area contributed by atoms with Crippen LogP contribution in [0.3, 0.4) is 0 Å². The Hall–Kier alpha value is -3.42. The van der Waals surface area contributed by atoms with Crippen molar-refractivity contribution in [1.82, 2.24) is 9.80 Å². The van der Waals surface area contributed by atoms with E-state index in [1.165, 1.54) is 24.0 Å². The molecule has 0 fully saturated rings. The molecule has 2 aliphatic rings. The van der Waals surface area contributed by atoms with Crippen molar-refractivity contribution in [2.75, 3.05) is 26.2 Å². The van der Waals surface area contributed by atoms with Crippen LogP contribution < -0.4 is 4.74 Å². The first-order chi connectivity index (χ1) is 15.3. The second-order valence-electron chi connectivity index (χ2n) is 8.37. The number of hydrogen-bond donors (Lipinski definition) is 0. The molecular weight excluding hydrogens is 443 g/mol. The zero-order valence-electron chi connectivity index (χ0n) is 18.9. The van der Waals surface area contributed by atoms with Gasteiger partial charge in [-0.15, -0.1) is 13.2 Å². The molecule has 33 heavy (non-hydrogen) atoms. The number of nitrogens with zero attached hydrogens (tertiary/aromatic N) is 3. The number of halogens is 3. The van der Waals surface area contributed by atoms with Crippen LogP contribution in [0.5, 0.6) is 5.75 Å². The summed E-state index contributed by atoms with van der Waals surface area (Å²) < 4.78 is 50.9. The highest BCUT2D eigenvalue weighted by molar-refractivity contribution is 5.73. The van der Waals surface area contributed by atoms with Crippen LogP contribution in [-0.2, 0) is 16.1 Å². The van der Waals surface area contributed by atoms with Crippen LogP contribution in [0, 0.1) is 11.3 Å². The van der Waals surface area contributed by atoms with Gasteiger partial charge in [-0.1, -0.05) is 12.1 Å². The monoisotopic (exact) mass is 469 g/mol. The summed E-state index contributed by atoms with van der Waals surface area (Å²) in [6, 6.07) is 6.87. The Morgan fingerprint density at radius 1 is 0.970 bits per heavy atom. The van der Waals surface area contributed by atoms with E-state index in [-0.39, 0.29) is 18.4 Å². The Morgan fingerprint density at radius 3 is 1.85 bits per heavy atom. The van der Waals surface area contributed by atoms with Crippen LogP contribution in [0.1, 0.15) is 33.3 Å². The molecule has 1 aromatic rings. The van der Waals surface area contributed by atoms with E-state index in [1.807, 2.05) is 0 Å². The van der Waals surface area contributed by atoms with Crippen molar-refractivity contribution in [2.45, 2.75) is 46.3 Å². The van der Waals surface area contributed by atoms with Crippen molar-refractivity contribution in [3.63, 3.8) is 0 Å². The minimum absolute atomic E-state index is 0.0731. The largest absolute Gasteiger partial charge is 0.573 e. The zero-order chi connectivity index (χ0) is 24.8. The molecule has 0 saturated heterocycles. The zero-order valence-corrected chi connectivity index (χ0v) is 18.9. The number of ether oxygens (including phenoxy) is 3. The van der Waals surface area contributed by atoms with Gasteiger partial charge in [0.15, 0.2) is 0 Å². The molecule has 2 heterocycles. The van der Waals surface area contributed by atoms with Crippen LogP contribution in [0.4, 0.5) is 22.8 Å². The van der Waals surface area contributed by atoms with Crippen LogP contribution in [-0.4, -0.2) is 60.1 Å². The second-order valence-corrected chi connectivity index (χ2v) is 8.37. The summed E-state index contributed by atoms with van der Waals surface area (Å²) in [5, 5.41) is 7.32. The van der Waals surface area contributed by atoms with E-state index in [2.05, 4.69) is 4.74 Å². The van der Waals surface area contributed by atoms with Gasteiger partial charge < -0.3 is 24.0 Å². The van der Waals surface area contributed by atoms with Crippen molar-refractivity contribution < 1.29 is 37.0 Å². The third kappa shape index (κ3) is 8.21. The Morgan fingerprint density at radius 2 is 1.42 bits per heavy atom. The predicted octanol–water partition coefficient (Wildman–Crippen LogP) is 4.61. The van der Waals surface area contributed by atoms with E-state index in [9.17, 15) is 22.8 Å². The number of rotatable bonds is 3. The smallest absolute Gasteiger partial charge is 0.445 e. The van der Waals surface area contributed by atoms with Gasteiger partial charge in [0.05, 0.1) is 6.07 Å². The number of benzene rings is 1. The maximum atomic E-state index is 12.3. The average Bonchev–Trinajstić information content (AvgIpc) is 3.25. The lowest BCUT2D eigenvalue weighted by molar-refractivity contribution is -0.274. The van der Waals surface area contributed by atoms with Gasteiger partial charge in [-0.3, -0.25) is 0 Å². The number of hydrogen-bond acceptors (Lipinski definition) is 6. The first-order valence-electron chi connectivity index (χ1n) is 10.1. The highest BCUT2D eigenvalue weighted by Gasteiger charge is 2.36. The molecular formula is C22H26F3N3O5. The number of nitriles is 1. The van der Waals surface area contributed by atoms with Crippen LogP contribution in [0.2, 0.25) is 0 Å². The lowest BCUT2D eigenvalue weighted by Crippen LogP contribution is -2.39. The van der Waals surface area contributed by atoms with Gasteiger partial charge in [0.25, 0.3) is 0 Å². The lowest BCUT2D eigenvalue weighted by atomic mass is 10.2. The maximum absolute atomic E-state index is 12.3. The molecule has 0 aromatic heterocycles. The van der Waals surface area contributed by atoms with E-state index >= 15 is 0 Å². The van der Waals surface area contributed by atoms with Crippen molar-refractivity contribution in [3.05, 3.63) is 41.0 Å². The van der Waals surface area contributed by atoms with E-state index in [4.69, 9.17) is 14.7 Å². The van der Waals surface area contributed by atoms with Gasteiger partial charge in [0.2, 0.25) is 0 Å². The summed E-state index contributed by atoms with van der Waals surface area (Å²) in [6.07, 6.45) is -5.66. The van der Waals surface area contributed by atoms with E-state index < -0.39 is 18.1 Å². The van der Waals surface area contributed by atoms with E-state index in [0.29, 0.717) is 31.7 Å². The van der Waals surface area contributed by atoms with Crippen LogP contribution in [0.15, 0.2) is 35.4 Å². The first kappa shape index (κ1) is 25.8. The van der Waals surface area contributed by atoms with Gasteiger partial charge in [0.1, 0.15) is 18.0 Å². The number of carbonyl (C=O) groups is 2. The molecule has 0 aliphatic carbocycles. The normalized spacial score (nSPS) is 15.3. The highest BCUT2D eigenvalue weighted by Crippen LogP contribution is 2.28. The number of alkyl halides is 3. The molecule has 2 amide bonds. The Bertz CT molecular complexity index is 913. The Balaban J connectivity index is 0.00000122. The molecule has 1 aromatic carbocycles. The SMILES string of the molecule is CC#N.CC(C)(C)OC(=O)N1CC2=C(CN(C(=O)OCc3ccc(OC(F)(F)F)cc3)C2)C1. The molecule has 0 bridgehead atoms. The van der Waals surface area contributed by atoms with Crippen molar-refractivity contribution in [3.8, 4) is 11.8 Å². The molecule has 0 N–H and O–H groups in total. The molecule has 8 nitrogen and oxygen atoms in total. The fraction of sp³-hybridized carbons (Fsp3) is 0.500. The van der Waals surface area contributed by atoms with Gasteiger partial charge in [0, 0.05) is 33.1 Å². The molecule has 3 rings (SSSR count). The molecule has 11 heteroatoms. The molecule has 0 spiro atoms. The average molecular weight is 469 g/mol. The fourth-order valence-electron chi connectivity index (χ4n) is 3.19. The molecule has 0 unspecified atom stereocenters. The fourth-order valence-corrected chi connectivity index (χ4v) is 3.19. The third-order valence-corrected chi connectivity index (χ3v) is 4.46. The molecule has 2 aliphatic heterocycles. The molecule has 0 radical (unpaired) electrons. The summed E-state index contributed by atoms with van der Waals surface area (Å²) in [6.45, 7) is 8.32. The van der Waals surface area contributed by atoms with Gasteiger partial charge in [-0.05, 0) is 49.6 Å². The van der Waals surface area contributed by atoms with Gasteiger partial charge in [-0.2, -0.15) is 5.26 Å². The lowest BCUT2D eigenvalue weighted by Gasteiger charge is -2.26. The van der Waals surface area contributed by atoms with Crippen LogP contribution in [0.25, 0.3) is 0 Å². The molecule has 180 valence electrons. The summed E-state index contributed by atoms with van der Waals surface area (Å²) in [4.78, 5) is 27.6. The second kappa shape index (κ2) is 10.5. The van der Waals surface area contributed by atoms with Crippen molar-refractivity contribution >= 4 is 12.2 Å². The quantitative estimate of drug-likeness (QED) is 0.600. The van der Waals surface area contributed by atoms with Crippen molar-refractivity contribution in [1.29, 1.82) is 5.26 Å². The number of amides is 2. The minimum atomic E-state index is -4.75. The topological polar surface area (TPSA) is 92.1 Å². The highest BCUT2D eigenvalue weighted by atomic mass is 19.4. The van der Waals surface area contributed by atoms with Gasteiger partial charge >= 0.3 is 18.5 Å². The summed E-state index contributed by atoms with van der Waals surface area (Å²) >= 11 is 0. The molecule has 0 saturated carbocycles. The first-order valence-corrected chi connectivity index (χ1v) is 10.1. The summed E-state index contributed by atoms with van der Waals surface area (Å²) in [5.41, 5.74) is 1.95. The number of carbonyl (C=O) groups excluding carboxylic acids is 2. The summed E-state index contributed by atoms with van der Waals surface area (Å²) in [7, 11) is 0. The Kier molecular flexibility index (Phi) is 8.19. The van der Waals surface area contributed by atoms with Crippen molar-refractivity contribution in [2.24, 2.45) is 0 Å². The van der Waals surface area contributed by atoms with E-state index in [1.54, 1.807) is 31.7 Å². The Labute approximate surface area is 190 Å². The minimum Gasteiger partial charge on any atom is -0.445 e. The summed E-state index contributed by atoms with van der Waals surface area (Å²) in [5.74, 6) is -0.340. The predicted molar refractivity (Wildman–Crippen MR) is 111 cm³/mol. The maximum Gasteiger partial charge on any atom is 0.573 e. The van der Waals surface area contributed by atoms with Gasteiger partial charge in [-0.25, -0.2) is 9.59 Å². The standard InChI is InChI=1S/C20H23F3N2O5.C2H3N/c1-19(2,3)30-18(27)25-10-14-8-24(9-15(14)11-25)17(26)28-12-13-4-6-16(7-5-13)29-20(21,22)23;1-2-3/h4-7H,8-12H2,1-3H3;1H3. The molecule has 0 atom stereocenters. The third-order valence-electron chi connectivity index (χ3n) is 4.46. The van der Waals surface area contributed by atoms with Crippen LogP contribution >= 0.6 is 0 Å².